The van der Waals surface area contributed by atoms with E-state index in [1.54, 1.807) is 6.20 Å². The molecule has 2 fully saturated rings. The molecule has 33 heavy (non-hydrogen) atoms. The van der Waals surface area contributed by atoms with Crippen LogP contribution in [0, 0.1) is 17.8 Å². The Morgan fingerprint density at radius 3 is 2.70 bits per heavy atom. The van der Waals surface area contributed by atoms with Crippen LogP contribution < -0.4 is 5.73 Å². The van der Waals surface area contributed by atoms with E-state index in [9.17, 15) is 4.79 Å². The van der Waals surface area contributed by atoms with E-state index in [4.69, 9.17) is 5.73 Å². The molecule has 8 heteroatoms. The summed E-state index contributed by atoms with van der Waals surface area (Å²) in [5, 5.41) is 0.791. The van der Waals surface area contributed by atoms with Crippen molar-refractivity contribution in [3.8, 4) is 23.1 Å². The number of amides is 1. The number of likely N-dealkylation sites (tertiary alicyclic amines) is 2. The molecule has 3 aromatic heterocycles. The number of nitrogens with two attached hydrogens (primary N) is 1. The molecule has 168 valence electrons. The number of nitrogen functional groups attached to an aromatic ring is 1. The Hall–Kier alpha value is -3.70. The van der Waals surface area contributed by atoms with Crippen LogP contribution in [0.4, 0.5) is 5.82 Å². The topological polar surface area (TPSA) is 93.2 Å². The fraction of sp³-hybridized carbons (Fsp3) is 0.360. The van der Waals surface area contributed by atoms with Crippen LogP contribution in [0.3, 0.4) is 0 Å². The van der Waals surface area contributed by atoms with Crippen molar-refractivity contribution >= 4 is 22.8 Å². The average Bonchev–Trinajstić information content (AvgIpc) is 3.11. The first kappa shape index (κ1) is 21.2. The van der Waals surface area contributed by atoms with E-state index < -0.39 is 0 Å². The summed E-state index contributed by atoms with van der Waals surface area (Å²) < 4.78 is 1.98. The Morgan fingerprint density at radius 1 is 1.21 bits per heavy atom. The number of rotatable bonds is 3. The first-order valence-corrected chi connectivity index (χ1v) is 11.2. The van der Waals surface area contributed by atoms with Crippen molar-refractivity contribution in [3.05, 3.63) is 49.1 Å². The fourth-order valence-electron chi connectivity index (χ4n) is 4.83. The first-order valence-electron chi connectivity index (χ1n) is 11.2. The number of pyridine rings is 1. The van der Waals surface area contributed by atoms with Gasteiger partial charge in [0.1, 0.15) is 23.5 Å². The van der Waals surface area contributed by atoms with Crippen LogP contribution in [0.15, 0.2) is 43.4 Å². The van der Waals surface area contributed by atoms with Gasteiger partial charge in [0.05, 0.1) is 11.1 Å². The number of piperidine rings is 1. The highest BCUT2D eigenvalue weighted by atomic mass is 16.2. The van der Waals surface area contributed by atoms with Crippen molar-refractivity contribution in [3.63, 3.8) is 0 Å². The number of hydrogen-bond donors (Lipinski definition) is 1. The molecule has 0 radical (unpaired) electrons. The number of fused-ring (bicyclic) bond motifs is 1. The molecule has 0 atom stereocenters. The highest BCUT2D eigenvalue weighted by molar-refractivity contribution is 6.02. The second-order valence-corrected chi connectivity index (χ2v) is 8.64. The summed E-state index contributed by atoms with van der Waals surface area (Å²) in [4.78, 5) is 29.3. The number of carbonyl (C=O) groups is 1. The van der Waals surface area contributed by atoms with Gasteiger partial charge in [0.25, 0.3) is 0 Å². The van der Waals surface area contributed by atoms with Gasteiger partial charge in [-0.3, -0.25) is 14.7 Å². The normalized spacial score (nSPS) is 17.4. The standard InChI is InChI=1S/C25H27N7O/c1-3-21(33)31-12-9-18(10-13-31)32-14-17(15-32)7-8-20-22(19-6-4-5-11-27-19)23-24(26)28-16-29-25(23)30(20)2/h3-6,11,16-18H,1,9-10,12-15H2,2H3,(H2,26,28,29). The van der Waals surface area contributed by atoms with Crippen LogP contribution in [0.2, 0.25) is 0 Å². The van der Waals surface area contributed by atoms with Crippen molar-refractivity contribution in [1.29, 1.82) is 0 Å². The lowest BCUT2D eigenvalue weighted by Crippen LogP contribution is -2.55. The fourth-order valence-corrected chi connectivity index (χ4v) is 4.83. The van der Waals surface area contributed by atoms with Crippen LogP contribution in [-0.2, 0) is 11.8 Å². The SMILES string of the molecule is C=CC(=O)N1CCC(N2CC(C#Cc3c(-c4ccccn4)c4c(N)ncnc4n3C)C2)CC1. The molecule has 2 saturated heterocycles. The second-order valence-electron chi connectivity index (χ2n) is 8.64. The van der Waals surface area contributed by atoms with Crippen molar-refractivity contribution in [2.45, 2.75) is 18.9 Å². The van der Waals surface area contributed by atoms with Gasteiger partial charge < -0.3 is 15.2 Å². The third-order valence-electron chi connectivity index (χ3n) is 6.69. The Balaban J connectivity index is 1.35. The van der Waals surface area contributed by atoms with Gasteiger partial charge in [-0.15, -0.1) is 0 Å². The van der Waals surface area contributed by atoms with Gasteiger partial charge in [-0.25, -0.2) is 9.97 Å². The molecule has 1 amide bonds. The molecule has 0 saturated carbocycles. The molecular formula is C25H27N7O. The molecule has 0 bridgehead atoms. The minimum Gasteiger partial charge on any atom is -0.383 e. The van der Waals surface area contributed by atoms with Crippen molar-refractivity contribution < 1.29 is 4.79 Å². The Morgan fingerprint density at radius 2 is 2.00 bits per heavy atom. The van der Waals surface area contributed by atoms with Crippen molar-refractivity contribution in [2.24, 2.45) is 13.0 Å². The van der Waals surface area contributed by atoms with Gasteiger partial charge in [0.15, 0.2) is 0 Å². The summed E-state index contributed by atoms with van der Waals surface area (Å²) in [5.74, 6) is 7.65. The average molecular weight is 442 g/mol. The summed E-state index contributed by atoms with van der Waals surface area (Å²) in [5.41, 5.74) is 9.53. The zero-order valence-corrected chi connectivity index (χ0v) is 18.7. The lowest BCUT2D eigenvalue weighted by atomic mass is 9.93. The minimum absolute atomic E-state index is 0.0322. The summed E-state index contributed by atoms with van der Waals surface area (Å²) >= 11 is 0. The van der Waals surface area contributed by atoms with Gasteiger partial charge in [-0.05, 0) is 37.0 Å². The Kier molecular flexibility index (Phi) is 5.56. The minimum atomic E-state index is 0.0322. The van der Waals surface area contributed by atoms with Crippen molar-refractivity contribution in [1.82, 2.24) is 29.3 Å². The molecule has 3 aromatic rings. The van der Waals surface area contributed by atoms with Gasteiger partial charge >= 0.3 is 0 Å². The van der Waals surface area contributed by atoms with E-state index in [0.717, 1.165) is 67.0 Å². The van der Waals surface area contributed by atoms with Crippen LogP contribution in [-0.4, -0.2) is 67.4 Å². The first-order chi connectivity index (χ1) is 16.1. The summed E-state index contributed by atoms with van der Waals surface area (Å²) in [7, 11) is 1.95. The quantitative estimate of drug-likeness (QED) is 0.494. The number of carbonyl (C=O) groups excluding carboxylic acids is 1. The molecule has 5 rings (SSSR count). The number of nitrogens with zero attached hydrogens (tertiary/aromatic N) is 6. The van der Waals surface area contributed by atoms with E-state index in [1.165, 1.54) is 12.4 Å². The van der Waals surface area contributed by atoms with E-state index in [2.05, 4.69) is 38.3 Å². The zero-order valence-electron chi connectivity index (χ0n) is 18.7. The van der Waals surface area contributed by atoms with Crippen molar-refractivity contribution in [2.75, 3.05) is 31.9 Å². The maximum atomic E-state index is 11.8. The Bertz CT molecular complexity index is 1260. The molecule has 0 aliphatic carbocycles. The van der Waals surface area contributed by atoms with E-state index >= 15 is 0 Å². The maximum Gasteiger partial charge on any atom is 0.245 e. The molecule has 0 aromatic carbocycles. The highest BCUT2D eigenvalue weighted by Gasteiger charge is 2.34. The van der Waals surface area contributed by atoms with Crippen LogP contribution in [0.25, 0.3) is 22.3 Å². The van der Waals surface area contributed by atoms with Gasteiger partial charge in [0, 0.05) is 56.9 Å². The molecule has 0 spiro atoms. The maximum absolute atomic E-state index is 11.8. The number of aromatic nitrogens is 4. The molecule has 5 heterocycles. The number of anilines is 1. The number of aryl methyl sites for hydroxylation is 1. The predicted molar refractivity (Wildman–Crippen MR) is 128 cm³/mol. The summed E-state index contributed by atoms with van der Waals surface area (Å²) in [6.45, 7) is 7.10. The molecule has 8 nitrogen and oxygen atoms in total. The van der Waals surface area contributed by atoms with E-state index in [-0.39, 0.29) is 5.91 Å². The van der Waals surface area contributed by atoms with Crippen LogP contribution in [0.1, 0.15) is 18.5 Å². The molecule has 2 aliphatic rings. The number of hydrogen-bond acceptors (Lipinski definition) is 6. The van der Waals surface area contributed by atoms with E-state index in [1.807, 2.05) is 34.7 Å². The van der Waals surface area contributed by atoms with Gasteiger partial charge in [0.2, 0.25) is 5.91 Å². The zero-order chi connectivity index (χ0) is 22.9. The van der Waals surface area contributed by atoms with Crippen LogP contribution in [0.5, 0.6) is 0 Å². The largest absolute Gasteiger partial charge is 0.383 e. The van der Waals surface area contributed by atoms with Crippen LogP contribution >= 0.6 is 0 Å². The third kappa shape index (κ3) is 3.85. The highest BCUT2D eigenvalue weighted by Crippen LogP contribution is 2.34. The lowest BCUT2D eigenvalue weighted by molar-refractivity contribution is -0.127. The predicted octanol–water partition coefficient (Wildman–Crippen LogP) is 2.07. The molecular weight excluding hydrogens is 414 g/mol. The second kappa shape index (κ2) is 8.68. The summed E-state index contributed by atoms with van der Waals surface area (Å²) in [6, 6.07) is 6.33. The molecule has 2 aliphatic heterocycles. The molecule has 0 unspecified atom stereocenters. The van der Waals surface area contributed by atoms with Gasteiger partial charge in [-0.1, -0.05) is 18.6 Å². The van der Waals surface area contributed by atoms with E-state index in [0.29, 0.717) is 17.8 Å². The third-order valence-corrected chi connectivity index (χ3v) is 6.69. The van der Waals surface area contributed by atoms with Gasteiger partial charge in [-0.2, -0.15) is 0 Å². The smallest absolute Gasteiger partial charge is 0.245 e. The lowest BCUT2D eigenvalue weighted by Gasteiger charge is -2.45. The summed E-state index contributed by atoms with van der Waals surface area (Å²) in [6.07, 6.45) is 6.66. The monoisotopic (exact) mass is 441 g/mol. The Labute approximate surface area is 193 Å². The molecule has 2 N–H and O–H groups in total.